The van der Waals surface area contributed by atoms with Crippen molar-refractivity contribution in [2.45, 2.75) is 240 Å². The highest BCUT2D eigenvalue weighted by Gasteiger charge is 2.39. The van der Waals surface area contributed by atoms with E-state index >= 15 is 0 Å². The van der Waals surface area contributed by atoms with E-state index in [1.807, 2.05) is 32.0 Å². The van der Waals surface area contributed by atoms with E-state index in [1.54, 1.807) is 81.5 Å². The van der Waals surface area contributed by atoms with Crippen LogP contribution in [0.1, 0.15) is 166 Å². The molecule has 0 radical (unpaired) electrons. The molecule has 12 amide bonds. The third-order valence-electron chi connectivity index (χ3n) is 18.0. The van der Waals surface area contributed by atoms with Crippen molar-refractivity contribution in [3.05, 3.63) is 36.0 Å². The first-order valence-electron chi connectivity index (χ1n) is 36.6. The second-order valence-corrected chi connectivity index (χ2v) is 28.4. The van der Waals surface area contributed by atoms with Crippen LogP contribution in [0.2, 0.25) is 0 Å². The Kier molecular flexibility index (Phi) is 40.8. The fourth-order valence-electron chi connectivity index (χ4n) is 11.1. The fraction of sp³-hybridized carbons (Fsp3) is 0.671. The minimum atomic E-state index is -1.40. The van der Waals surface area contributed by atoms with E-state index in [9.17, 15) is 57.5 Å². The van der Waals surface area contributed by atoms with Crippen LogP contribution in [-0.4, -0.2) is 192 Å². The Bertz CT molecular complexity index is 3310. The number of aromatic nitrogens is 1. The Hall–Kier alpha value is -9.87. The molecule has 1 aromatic heterocycles. The number of guanidine groups is 3. The van der Waals surface area contributed by atoms with Gasteiger partial charge in [-0.2, -0.15) is 0 Å². The molecule has 0 aliphatic rings. The van der Waals surface area contributed by atoms with Crippen molar-refractivity contribution in [3.8, 4) is 0 Å². The number of benzene rings is 1. The van der Waals surface area contributed by atoms with Crippen molar-refractivity contribution in [1.82, 2.24) is 63.5 Å². The number of nitrogens with zero attached hydrogens (tertiary/aromatic N) is 3. The maximum Gasteiger partial charge on any atom is 0.243 e. The van der Waals surface area contributed by atoms with Crippen LogP contribution in [0.25, 0.3) is 10.9 Å². The number of amides is 12. The summed E-state index contributed by atoms with van der Waals surface area (Å²) in [5.74, 6) is -12.6. The number of para-hydroxylation sites is 1. The van der Waals surface area contributed by atoms with Crippen LogP contribution in [0.5, 0.6) is 0 Å². The van der Waals surface area contributed by atoms with Crippen LogP contribution in [-0.2, 0) is 64.0 Å². The van der Waals surface area contributed by atoms with Gasteiger partial charge in [0.15, 0.2) is 17.9 Å². The first-order valence-corrected chi connectivity index (χ1v) is 36.6. The summed E-state index contributed by atoms with van der Waals surface area (Å²) in [5, 5.41) is 30.7. The molecule has 36 heteroatoms. The normalized spacial score (nSPS) is 15.3. The van der Waals surface area contributed by atoms with E-state index in [2.05, 4.69) is 78.4 Å². The van der Waals surface area contributed by atoms with E-state index in [0.717, 1.165) is 10.9 Å². The Morgan fingerprint density at radius 2 is 0.764 bits per heavy atom. The van der Waals surface area contributed by atoms with Crippen LogP contribution in [0.15, 0.2) is 45.4 Å². The number of rotatable bonds is 49. The molecule has 36 nitrogen and oxygen atoms in total. The number of nitrogens with one attached hydrogen (secondary N) is 12. The maximum absolute atomic E-state index is 14.9. The van der Waals surface area contributed by atoms with Crippen LogP contribution >= 0.6 is 0 Å². The number of carbonyl (C=O) groups is 12. The SMILES string of the molecule is CC[C@H](C)[C@H](NC(=O)[C@H](CCCN=C(N)N)NC(=O)[C@@H](NC(=O)[C@H](C)NC(=O)[C@@H](NC(=O)[C@@H](NC(=O)[C@H](CC(C)C)NC(=O)[C@H](CCCN=C(N)N)NC(=O)[C@@H](N)C(C)C)[C@@H](C)CC)C(C)C)C(C)C)C(=O)N[C@@H](Cc1c[nH]c2ccccc12)C(=O)N[C@@H](CCCN)C(=O)N[C@@H](CCCN=C(N)N)C(N)=O. The van der Waals surface area contributed by atoms with E-state index in [4.69, 9.17) is 51.6 Å². The molecule has 0 aliphatic heterocycles. The number of primary amides is 1. The molecule has 0 saturated carbocycles. The molecule has 0 unspecified atom stereocenters. The largest absolute Gasteiger partial charge is 0.370 e. The maximum atomic E-state index is 14.9. The van der Waals surface area contributed by atoms with Crippen molar-refractivity contribution in [2.75, 3.05) is 26.2 Å². The summed E-state index contributed by atoms with van der Waals surface area (Å²) in [6.07, 6.45) is 3.38. The minimum Gasteiger partial charge on any atom is -0.370 e. The second kappa shape index (κ2) is 46.9. The minimum absolute atomic E-state index is 0.0172. The van der Waals surface area contributed by atoms with Crippen LogP contribution in [0.4, 0.5) is 0 Å². The predicted octanol–water partition coefficient (Wildman–Crippen LogP) is -3.12. The molecule has 0 aliphatic carbocycles. The second-order valence-electron chi connectivity index (χ2n) is 28.4. The standard InChI is InChI=1S/C70H124N24O12/c1-14-39(11)54(66(105)90-50(33-42-34-83-44-23-17-16-22-43(42)44)61(100)86-46(24-18-28-71)58(97)85-45(56(73)95)25-19-29-80-68(74)75)93-60(99)48(27-21-31-82-70(78)79)88-65(104)53(38(9)10)91-57(96)41(13)84-64(103)52(37(7)8)92-67(106)55(40(12)15-2)94-62(101)49(32-35(3)4)89-59(98)47(26-20-30-81-69(76)77)87-63(102)51(72)36(5)6/h16-17,22-23,34-41,45-55,83H,14-15,18-21,24-33,71-72H2,1-13H3,(H2,73,95)(H,84,103)(H,85,97)(H,86,100)(H,87,102)(H,88,104)(H,89,98)(H,90,105)(H,91,96)(H,92,106)(H,93,99)(H,94,101)(H4,74,75,80)(H4,76,77,81)(H4,78,79,82)/t39-,40-,41-,45-,46-,47-,48-,49-,50-,51-,52-,53-,54-,55-/m0/s1. The number of hydrogen-bond donors (Lipinski definition) is 21. The van der Waals surface area contributed by atoms with Gasteiger partial charge in [-0.1, -0.05) is 114 Å². The summed E-state index contributed by atoms with van der Waals surface area (Å²) in [6, 6.07) is -7.86. The number of hydrogen-bond acceptors (Lipinski definition) is 17. The van der Waals surface area contributed by atoms with Gasteiger partial charge in [-0.25, -0.2) is 0 Å². The van der Waals surface area contributed by atoms with Crippen LogP contribution in [0, 0.1) is 35.5 Å². The van der Waals surface area contributed by atoms with Gasteiger partial charge in [0.05, 0.1) is 6.04 Å². The molecule has 2 aromatic rings. The number of H-pyrrole nitrogens is 1. The van der Waals surface area contributed by atoms with Crippen LogP contribution < -0.4 is 110 Å². The topological polar surface area (TPSA) is 624 Å². The van der Waals surface area contributed by atoms with Gasteiger partial charge in [-0.15, -0.1) is 0 Å². The van der Waals surface area contributed by atoms with Crippen molar-refractivity contribution in [3.63, 3.8) is 0 Å². The highest BCUT2D eigenvalue weighted by molar-refractivity contribution is 6.00. The third kappa shape index (κ3) is 32.2. The molecular formula is C70H124N24O12. The number of aromatic amines is 1. The highest BCUT2D eigenvalue weighted by atomic mass is 16.2. The summed E-state index contributed by atoms with van der Waals surface area (Å²) in [6.45, 7) is 22.5. The van der Waals surface area contributed by atoms with Crippen molar-refractivity contribution < 1.29 is 57.5 Å². The number of carbonyl (C=O) groups excluding carboxylic acids is 12. The Balaban J connectivity index is 2.48. The molecule has 30 N–H and O–H groups in total. The lowest BCUT2D eigenvalue weighted by Crippen LogP contribution is -2.62. The zero-order valence-corrected chi connectivity index (χ0v) is 64.0. The molecule has 0 bridgehead atoms. The van der Waals surface area contributed by atoms with Gasteiger partial charge in [0.1, 0.15) is 66.5 Å². The number of aliphatic imine (C=N–C) groups is 3. The van der Waals surface area contributed by atoms with Gasteiger partial charge in [0.2, 0.25) is 70.9 Å². The molecule has 0 fully saturated rings. The molecule has 14 atom stereocenters. The smallest absolute Gasteiger partial charge is 0.243 e. The van der Waals surface area contributed by atoms with Crippen LogP contribution in [0.3, 0.4) is 0 Å². The molecule has 0 saturated heterocycles. The van der Waals surface area contributed by atoms with E-state index in [0.29, 0.717) is 18.4 Å². The summed E-state index contributed by atoms with van der Waals surface area (Å²) in [5.41, 5.74) is 52.1. The van der Waals surface area contributed by atoms with Gasteiger partial charge in [0, 0.05) is 43.2 Å². The first kappa shape index (κ1) is 92.2. The Labute approximate surface area is 622 Å². The third-order valence-corrected chi connectivity index (χ3v) is 18.0. The fourth-order valence-corrected chi connectivity index (χ4v) is 11.1. The molecular weight excluding hydrogens is 1370 g/mol. The van der Waals surface area contributed by atoms with Crippen molar-refractivity contribution in [2.24, 2.45) is 102 Å². The van der Waals surface area contributed by atoms with E-state index in [-0.39, 0.29) is 120 Å². The summed E-state index contributed by atoms with van der Waals surface area (Å²) < 4.78 is 0. The summed E-state index contributed by atoms with van der Waals surface area (Å²) >= 11 is 0. The van der Waals surface area contributed by atoms with Crippen molar-refractivity contribution in [1.29, 1.82) is 0 Å². The Morgan fingerprint density at radius 1 is 0.406 bits per heavy atom. The zero-order valence-electron chi connectivity index (χ0n) is 64.0. The average Bonchev–Trinajstić information content (AvgIpc) is 1.38. The summed E-state index contributed by atoms with van der Waals surface area (Å²) in [7, 11) is 0. The van der Waals surface area contributed by atoms with Gasteiger partial charge >= 0.3 is 0 Å². The molecule has 1 heterocycles. The predicted molar refractivity (Wildman–Crippen MR) is 407 cm³/mol. The molecule has 2 rings (SSSR count). The molecule has 1 aromatic carbocycles. The van der Waals surface area contributed by atoms with Gasteiger partial charge in [-0.3, -0.25) is 72.5 Å². The molecule has 106 heavy (non-hydrogen) atoms. The lowest BCUT2D eigenvalue weighted by atomic mass is 9.95. The van der Waals surface area contributed by atoms with E-state index < -0.39 is 167 Å². The Morgan fingerprint density at radius 3 is 1.21 bits per heavy atom. The summed E-state index contributed by atoms with van der Waals surface area (Å²) in [4.78, 5) is 185. The lowest BCUT2D eigenvalue weighted by molar-refractivity contribution is -0.137. The molecule has 0 spiro atoms. The van der Waals surface area contributed by atoms with E-state index in [1.165, 1.54) is 6.92 Å². The average molecular weight is 1490 g/mol. The van der Waals surface area contributed by atoms with Crippen molar-refractivity contribution >= 4 is 99.7 Å². The van der Waals surface area contributed by atoms with Gasteiger partial charge in [-0.05, 0) is 118 Å². The first-order chi connectivity index (χ1) is 49.8. The number of fused-ring (bicyclic) bond motifs is 1. The van der Waals surface area contributed by atoms with Gasteiger partial charge in [0.25, 0.3) is 0 Å². The number of nitrogens with two attached hydrogens (primary N) is 9. The molecule has 596 valence electrons. The zero-order chi connectivity index (χ0) is 80.2. The lowest BCUT2D eigenvalue weighted by Gasteiger charge is -2.31. The highest BCUT2D eigenvalue weighted by Crippen LogP contribution is 2.21. The monoisotopic (exact) mass is 1490 g/mol. The quantitative estimate of drug-likeness (QED) is 0.0177. The van der Waals surface area contributed by atoms with Gasteiger partial charge < -0.3 is 115 Å².